The second-order valence-corrected chi connectivity index (χ2v) is 6.70. The third-order valence-electron chi connectivity index (χ3n) is 1.66. The molecule has 5 nitrogen and oxygen atoms in total. The van der Waals surface area contributed by atoms with Crippen LogP contribution in [0.4, 0.5) is 5.82 Å². The van der Waals surface area contributed by atoms with E-state index in [2.05, 4.69) is 14.9 Å². The van der Waals surface area contributed by atoms with Gasteiger partial charge in [-0.3, -0.25) is 9.82 Å². The lowest BCUT2D eigenvalue weighted by Crippen LogP contribution is -2.12. The van der Waals surface area contributed by atoms with Gasteiger partial charge in [-0.1, -0.05) is 23.2 Å². The van der Waals surface area contributed by atoms with Gasteiger partial charge in [0.2, 0.25) is 0 Å². The van der Waals surface area contributed by atoms with Crippen molar-refractivity contribution >= 4 is 50.4 Å². The topological polar surface area (TPSA) is 74.8 Å². The highest BCUT2D eigenvalue weighted by Crippen LogP contribution is 2.34. The molecule has 0 aromatic carbocycles. The van der Waals surface area contributed by atoms with Gasteiger partial charge >= 0.3 is 0 Å². The van der Waals surface area contributed by atoms with E-state index in [-0.39, 0.29) is 15.0 Å². The molecular formula is C7H5Cl2N3O2S2. The largest absolute Gasteiger partial charge is 0.265 e. The van der Waals surface area contributed by atoms with Crippen molar-refractivity contribution in [3.63, 3.8) is 0 Å². The van der Waals surface area contributed by atoms with Crippen molar-refractivity contribution in [2.75, 3.05) is 4.72 Å². The van der Waals surface area contributed by atoms with Gasteiger partial charge < -0.3 is 0 Å². The lowest BCUT2D eigenvalue weighted by Gasteiger charge is -2.03. The van der Waals surface area contributed by atoms with Gasteiger partial charge in [0.05, 0.1) is 10.5 Å². The summed E-state index contributed by atoms with van der Waals surface area (Å²) in [5.74, 6) is 0.262. The molecule has 2 rings (SSSR count). The van der Waals surface area contributed by atoms with Gasteiger partial charge in [-0.25, -0.2) is 8.42 Å². The highest BCUT2D eigenvalue weighted by atomic mass is 35.5. The lowest BCUT2D eigenvalue weighted by molar-refractivity contribution is 0.601. The summed E-state index contributed by atoms with van der Waals surface area (Å²) in [6.45, 7) is 0. The smallest absolute Gasteiger partial charge is 0.264 e. The molecule has 2 N–H and O–H groups in total. The monoisotopic (exact) mass is 297 g/mol. The van der Waals surface area contributed by atoms with Crippen LogP contribution in [-0.2, 0) is 10.0 Å². The number of aromatic nitrogens is 2. The van der Waals surface area contributed by atoms with Crippen LogP contribution < -0.4 is 4.72 Å². The first-order chi connectivity index (χ1) is 7.49. The number of sulfonamides is 1. The maximum absolute atomic E-state index is 11.8. The molecule has 2 aromatic rings. The summed E-state index contributed by atoms with van der Waals surface area (Å²) in [4.78, 5) is -0.0428. The maximum atomic E-state index is 11.8. The summed E-state index contributed by atoms with van der Waals surface area (Å²) in [7, 11) is -3.72. The highest BCUT2D eigenvalue weighted by molar-refractivity contribution is 7.93. The van der Waals surface area contributed by atoms with Gasteiger partial charge in [-0.15, -0.1) is 11.3 Å². The zero-order valence-corrected chi connectivity index (χ0v) is 10.7. The Kier molecular flexibility index (Phi) is 3.11. The molecule has 0 amide bonds. The Morgan fingerprint density at radius 1 is 1.44 bits per heavy atom. The molecule has 0 fully saturated rings. The summed E-state index contributed by atoms with van der Waals surface area (Å²) in [5, 5.41) is 6.10. The number of rotatable bonds is 3. The Balaban J connectivity index is 2.36. The quantitative estimate of drug-likeness (QED) is 0.914. The van der Waals surface area contributed by atoms with Crippen LogP contribution >= 0.6 is 34.5 Å². The van der Waals surface area contributed by atoms with Crippen LogP contribution in [0.3, 0.4) is 0 Å². The molecule has 0 spiro atoms. The normalized spacial score (nSPS) is 11.6. The van der Waals surface area contributed by atoms with E-state index in [1.54, 1.807) is 0 Å². The van der Waals surface area contributed by atoms with Crippen LogP contribution in [0.25, 0.3) is 0 Å². The van der Waals surface area contributed by atoms with E-state index in [0.717, 1.165) is 11.3 Å². The number of H-pyrrole nitrogens is 1. The standard InChI is InChI=1S/C7H5Cl2N3O2S2/c8-5-3-4(7(9)15-5)16(13,14)12-6-1-2-10-11-6/h1-3H,(H2,10,11,12). The molecule has 2 heterocycles. The third-order valence-corrected chi connectivity index (χ3v) is 4.78. The highest BCUT2D eigenvalue weighted by Gasteiger charge is 2.21. The second-order valence-electron chi connectivity index (χ2n) is 2.76. The Hall–Kier alpha value is -0.760. The maximum Gasteiger partial charge on any atom is 0.265 e. The lowest BCUT2D eigenvalue weighted by atomic mass is 10.7. The molecular weight excluding hydrogens is 293 g/mol. The predicted octanol–water partition coefficient (Wildman–Crippen LogP) is 2.58. The molecule has 0 unspecified atom stereocenters. The van der Waals surface area contributed by atoms with Gasteiger partial charge in [-0.2, -0.15) is 5.10 Å². The molecule has 0 radical (unpaired) electrons. The molecule has 9 heteroatoms. The van der Waals surface area contributed by atoms with E-state index < -0.39 is 10.0 Å². The number of nitrogens with zero attached hydrogens (tertiary/aromatic N) is 1. The van der Waals surface area contributed by atoms with Crippen molar-refractivity contribution in [2.24, 2.45) is 0 Å². The minimum absolute atomic E-state index is 0.0428. The summed E-state index contributed by atoms with van der Waals surface area (Å²) in [6.07, 6.45) is 1.43. The van der Waals surface area contributed by atoms with Gasteiger partial charge in [-0.05, 0) is 6.07 Å². The molecule has 0 saturated carbocycles. The van der Waals surface area contributed by atoms with Gasteiger partial charge in [0.1, 0.15) is 15.0 Å². The van der Waals surface area contributed by atoms with E-state index in [1.165, 1.54) is 18.3 Å². The molecule has 2 aromatic heterocycles. The minimum atomic E-state index is -3.72. The predicted molar refractivity (Wildman–Crippen MR) is 63.7 cm³/mol. The molecule has 0 atom stereocenters. The minimum Gasteiger partial charge on any atom is -0.264 e. The summed E-state index contributed by atoms with van der Waals surface area (Å²) in [6, 6.07) is 2.78. The van der Waals surface area contributed by atoms with E-state index in [1.807, 2.05) is 0 Å². The first-order valence-corrected chi connectivity index (χ1v) is 7.01. The van der Waals surface area contributed by atoms with Crippen LogP contribution in [0.2, 0.25) is 8.67 Å². The summed E-state index contributed by atoms with van der Waals surface area (Å²) >= 11 is 12.4. The van der Waals surface area contributed by atoms with Crippen molar-refractivity contribution in [1.82, 2.24) is 10.2 Å². The third kappa shape index (κ3) is 2.32. The fraction of sp³-hybridized carbons (Fsp3) is 0. The molecule has 0 aliphatic carbocycles. The first kappa shape index (κ1) is 11.7. The average molecular weight is 298 g/mol. The number of thiophene rings is 1. The zero-order chi connectivity index (χ0) is 11.8. The molecule has 0 bridgehead atoms. The zero-order valence-electron chi connectivity index (χ0n) is 7.57. The summed E-state index contributed by atoms with van der Waals surface area (Å²) in [5.41, 5.74) is 0. The molecule has 0 saturated heterocycles. The van der Waals surface area contributed by atoms with E-state index in [9.17, 15) is 8.42 Å². The number of hydrogen-bond acceptors (Lipinski definition) is 4. The Morgan fingerprint density at radius 3 is 2.69 bits per heavy atom. The van der Waals surface area contributed by atoms with Gasteiger partial charge in [0.15, 0.2) is 0 Å². The van der Waals surface area contributed by atoms with Crippen molar-refractivity contribution in [2.45, 2.75) is 4.90 Å². The molecule has 0 aliphatic rings. The van der Waals surface area contributed by atoms with Gasteiger partial charge in [0.25, 0.3) is 10.0 Å². The molecule has 16 heavy (non-hydrogen) atoms. The van der Waals surface area contributed by atoms with Crippen LogP contribution in [-0.4, -0.2) is 18.6 Å². The fourth-order valence-corrected chi connectivity index (χ4v) is 4.19. The number of halogens is 2. The van der Waals surface area contributed by atoms with Crippen LogP contribution in [0, 0.1) is 0 Å². The van der Waals surface area contributed by atoms with Crippen LogP contribution in [0.15, 0.2) is 23.2 Å². The summed E-state index contributed by atoms with van der Waals surface area (Å²) < 4.78 is 26.4. The van der Waals surface area contributed by atoms with Crippen LogP contribution in [0.1, 0.15) is 0 Å². The van der Waals surface area contributed by atoms with E-state index >= 15 is 0 Å². The second kappa shape index (κ2) is 4.25. The van der Waals surface area contributed by atoms with Gasteiger partial charge in [0, 0.05) is 6.07 Å². The Labute approximate surface area is 105 Å². The number of anilines is 1. The molecule has 86 valence electrons. The number of hydrogen-bond donors (Lipinski definition) is 2. The van der Waals surface area contributed by atoms with Crippen molar-refractivity contribution < 1.29 is 8.42 Å². The Bertz CT molecular complexity index is 591. The molecule has 0 aliphatic heterocycles. The van der Waals surface area contributed by atoms with Crippen molar-refractivity contribution in [1.29, 1.82) is 0 Å². The van der Waals surface area contributed by atoms with Crippen LogP contribution in [0.5, 0.6) is 0 Å². The fourth-order valence-electron chi connectivity index (χ4n) is 1.02. The first-order valence-electron chi connectivity index (χ1n) is 3.96. The van der Waals surface area contributed by atoms with E-state index in [0.29, 0.717) is 4.34 Å². The average Bonchev–Trinajstić information content (AvgIpc) is 2.75. The van der Waals surface area contributed by atoms with E-state index in [4.69, 9.17) is 23.2 Å². The number of aromatic amines is 1. The van der Waals surface area contributed by atoms with Crippen molar-refractivity contribution in [3.05, 3.63) is 27.0 Å². The SMILES string of the molecule is O=S(=O)(Nc1ccn[nH]1)c1cc(Cl)sc1Cl. The number of nitrogens with one attached hydrogen (secondary N) is 2. The Morgan fingerprint density at radius 2 is 2.19 bits per heavy atom. The van der Waals surface area contributed by atoms with Crippen molar-refractivity contribution in [3.8, 4) is 0 Å².